The average Bonchev–Trinajstić information content (AvgIpc) is 3.55. The van der Waals surface area contributed by atoms with Gasteiger partial charge in [0.25, 0.3) is 0 Å². The Morgan fingerprint density at radius 2 is 1.97 bits per heavy atom. The molecule has 2 aromatic heterocycles. The summed E-state index contributed by atoms with van der Waals surface area (Å²) in [7, 11) is 0. The van der Waals surface area contributed by atoms with Crippen molar-refractivity contribution in [2.75, 3.05) is 11.9 Å². The normalized spacial score (nSPS) is 12.5. The molecule has 6 nitrogen and oxygen atoms in total. The molecule has 0 fully saturated rings. The van der Waals surface area contributed by atoms with Crippen LogP contribution in [-0.4, -0.2) is 22.6 Å². The quantitative estimate of drug-likeness (QED) is 0.162. The van der Waals surface area contributed by atoms with Crippen molar-refractivity contribution in [2.45, 2.75) is 39.7 Å². The molecule has 4 rings (SSSR count). The minimum atomic E-state index is -0.973. The van der Waals surface area contributed by atoms with Crippen LogP contribution in [0.1, 0.15) is 49.1 Å². The number of hydroxylamine groups is 1. The first kappa shape index (κ1) is 27.0. The topological polar surface area (TPSA) is 76.1 Å². The van der Waals surface area contributed by atoms with Gasteiger partial charge in [-0.1, -0.05) is 56.4 Å². The number of halogens is 2. The zero-order chi connectivity index (χ0) is 26.4. The SMILES string of the molecule is CCCNOCc1ccc(-c2ccc([C@H](c3cccc(F)c3)C(C)(C)C(=O)Nc3nncs3)s2)cc1F. The van der Waals surface area contributed by atoms with E-state index >= 15 is 0 Å². The van der Waals surface area contributed by atoms with Gasteiger partial charge in [-0.25, -0.2) is 14.3 Å². The molecule has 194 valence electrons. The monoisotopic (exact) mass is 542 g/mol. The number of nitrogens with one attached hydrogen (secondary N) is 2. The van der Waals surface area contributed by atoms with Crippen LogP contribution >= 0.6 is 22.7 Å². The van der Waals surface area contributed by atoms with Crippen LogP contribution in [0.3, 0.4) is 0 Å². The van der Waals surface area contributed by atoms with Crippen molar-refractivity contribution in [3.63, 3.8) is 0 Å². The molecule has 37 heavy (non-hydrogen) atoms. The molecule has 0 aliphatic carbocycles. The Balaban J connectivity index is 1.64. The minimum Gasteiger partial charge on any atom is -0.300 e. The minimum absolute atomic E-state index is 0.126. The molecule has 4 aromatic rings. The Morgan fingerprint density at radius 3 is 2.68 bits per heavy atom. The van der Waals surface area contributed by atoms with E-state index in [0.29, 0.717) is 28.4 Å². The molecule has 10 heteroatoms. The Kier molecular flexibility index (Phi) is 8.75. The van der Waals surface area contributed by atoms with E-state index in [1.807, 2.05) is 45.0 Å². The van der Waals surface area contributed by atoms with Crippen molar-refractivity contribution >= 4 is 33.7 Å². The largest absolute Gasteiger partial charge is 0.300 e. The van der Waals surface area contributed by atoms with Crippen LogP contribution in [0.15, 0.2) is 60.1 Å². The molecule has 0 aliphatic rings. The van der Waals surface area contributed by atoms with Gasteiger partial charge in [-0.3, -0.25) is 9.63 Å². The third-order valence-electron chi connectivity index (χ3n) is 6.00. The first-order valence-corrected chi connectivity index (χ1v) is 13.6. The molecule has 0 spiro atoms. The van der Waals surface area contributed by atoms with Crippen molar-refractivity contribution < 1.29 is 18.4 Å². The number of nitrogens with zero attached hydrogens (tertiary/aromatic N) is 2. The van der Waals surface area contributed by atoms with E-state index in [1.165, 1.54) is 46.4 Å². The van der Waals surface area contributed by atoms with E-state index in [0.717, 1.165) is 16.2 Å². The fraction of sp³-hybridized carbons (Fsp3) is 0.296. The number of rotatable bonds is 11. The van der Waals surface area contributed by atoms with Crippen LogP contribution in [0.5, 0.6) is 0 Å². The summed E-state index contributed by atoms with van der Waals surface area (Å²) < 4.78 is 29.0. The summed E-state index contributed by atoms with van der Waals surface area (Å²) in [5, 5.41) is 10.9. The maximum atomic E-state index is 14.8. The van der Waals surface area contributed by atoms with Gasteiger partial charge in [0.1, 0.15) is 17.1 Å². The zero-order valence-electron chi connectivity index (χ0n) is 20.8. The molecular formula is C27H28F2N4O2S2. The van der Waals surface area contributed by atoms with E-state index < -0.39 is 11.3 Å². The first-order chi connectivity index (χ1) is 17.8. The number of anilines is 1. The van der Waals surface area contributed by atoms with Gasteiger partial charge in [-0.05, 0) is 47.9 Å². The second-order valence-electron chi connectivity index (χ2n) is 9.10. The lowest BCUT2D eigenvalue weighted by Crippen LogP contribution is -2.36. The second kappa shape index (κ2) is 12.0. The van der Waals surface area contributed by atoms with Gasteiger partial charge in [0.15, 0.2) is 0 Å². The molecule has 2 heterocycles. The highest BCUT2D eigenvalue weighted by Gasteiger charge is 2.40. The zero-order valence-corrected chi connectivity index (χ0v) is 22.4. The fourth-order valence-corrected chi connectivity index (χ4v) is 5.78. The van der Waals surface area contributed by atoms with Crippen LogP contribution < -0.4 is 10.8 Å². The Bertz CT molecular complexity index is 1340. The third-order valence-corrected chi connectivity index (χ3v) is 7.81. The lowest BCUT2D eigenvalue weighted by atomic mass is 9.73. The molecule has 0 saturated heterocycles. The summed E-state index contributed by atoms with van der Waals surface area (Å²) in [6.45, 7) is 6.48. The van der Waals surface area contributed by atoms with Gasteiger partial charge in [-0.15, -0.1) is 21.5 Å². The number of aromatic nitrogens is 2. The number of hydrogen-bond acceptors (Lipinski definition) is 7. The maximum absolute atomic E-state index is 14.8. The summed E-state index contributed by atoms with van der Waals surface area (Å²) >= 11 is 2.67. The lowest BCUT2D eigenvalue weighted by Gasteiger charge is -2.32. The maximum Gasteiger partial charge on any atom is 0.232 e. The van der Waals surface area contributed by atoms with E-state index in [1.54, 1.807) is 12.1 Å². The van der Waals surface area contributed by atoms with Crippen LogP contribution in [0.2, 0.25) is 0 Å². The molecule has 1 amide bonds. The molecule has 2 aromatic carbocycles. The summed E-state index contributed by atoms with van der Waals surface area (Å²) in [6.07, 6.45) is 0.916. The number of hydrogen-bond donors (Lipinski definition) is 2. The predicted octanol–water partition coefficient (Wildman–Crippen LogP) is 6.77. The predicted molar refractivity (Wildman–Crippen MR) is 143 cm³/mol. The van der Waals surface area contributed by atoms with E-state index in [2.05, 4.69) is 21.0 Å². The summed E-state index contributed by atoms with van der Waals surface area (Å²) in [4.78, 5) is 20.4. The van der Waals surface area contributed by atoms with Crippen LogP contribution in [0, 0.1) is 17.0 Å². The Morgan fingerprint density at radius 1 is 1.14 bits per heavy atom. The molecule has 0 aliphatic heterocycles. The number of carbonyl (C=O) groups is 1. The molecule has 1 atom stereocenters. The standard InChI is InChI=1S/C27H28F2N4O2S2/c1-4-12-31-35-15-19-9-8-17(14-21(19)29)22-10-11-23(37-22)24(18-6-5-7-20(28)13-18)27(2,3)25(34)32-26-33-30-16-36-26/h5-11,13-14,16,24,31H,4,12,15H2,1-3H3,(H,32,33,34)/t24-/m0/s1. The van der Waals surface area contributed by atoms with Gasteiger partial charge in [0, 0.05) is 27.8 Å². The van der Waals surface area contributed by atoms with Gasteiger partial charge < -0.3 is 5.32 Å². The summed E-state index contributed by atoms with van der Waals surface area (Å²) in [5.74, 6) is -1.46. The van der Waals surface area contributed by atoms with E-state index in [-0.39, 0.29) is 24.1 Å². The lowest BCUT2D eigenvalue weighted by molar-refractivity contribution is -0.124. The molecule has 0 unspecified atom stereocenters. The highest BCUT2D eigenvalue weighted by molar-refractivity contribution is 7.15. The van der Waals surface area contributed by atoms with Gasteiger partial charge in [0.05, 0.1) is 12.0 Å². The smallest absolute Gasteiger partial charge is 0.232 e. The Labute approximate surface area is 222 Å². The summed E-state index contributed by atoms with van der Waals surface area (Å²) in [6, 6.07) is 15.1. The highest BCUT2D eigenvalue weighted by Crippen LogP contribution is 2.46. The number of amides is 1. The van der Waals surface area contributed by atoms with Gasteiger partial charge >= 0.3 is 0 Å². The Hall–Kier alpha value is -3.05. The van der Waals surface area contributed by atoms with Crippen molar-refractivity contribution in [3.8, 4) is 10.4 Å². The first-order valence-electron chi connectivity index (χ1n) is 11.9. The average molecular weight is 543 g/mol. The number of carbonyl (C=O) groups excluding carboxylic acids is 1. The molecular weight excluding hydrogens is 514 g/mol. The van der Waals surface area contributed by atoms with Crippen LogP contribution in [0.4, 0.5) is 13.9 Å². The third kappa shape index (κ3) is 6.45. The second-order valence-corrected chi connectivity index (χ2v) is 11.0. The molecule has 0 radical (unpaired) electrons. The fourth-order valence-electron chi connectivity index (χ4n) is 4.02. The van der Waals surface area contributed by atoms with Crippen molar-refractivity contribution in [2.24, 2.45) is 5.41 Å². The molecule has 0 saturated carbocycles. The van der Waals surface area contributed by atoms with Crippen molar-refractivity contribution in [3.05, 3.63) is 87.7 Å². The van der Waals surface area contributed by atoms with Gasteiger partial charge in [-0.2, -0.15) is 0 Å². The van der Waals surface area contributed by atoms with E-state index in [4.69, 9.17) is 4.84 Å². The summed E-state index contributed by atoms with van der Waals surface area (Å²) in [5.41, 5.74) is 5.21. The van der Waals surface area contributed by atoms with E-state index in [9.17, 15) is 13.6 Å². The molecule has 0 bridgehead atoms. The highest BCUT2D eigenvalue weighted by atomic mass is 32.1. The number of benzene rings is 2. The number of thiophene rings is 1. The van der Waals surface area contributed by atoms with Crippen molar-refractivity contribution in [1.82, 2.24) is 15.7 Å². The van der Waals surface area contributed by atoms with Gasteiger partial charge in [0.2, 0.25) is 11.0 Å². The van der Waals surface area contributed by atoms with Crippen molar-refractivity contribution in [1.29, 1.82) is 0 Å². The van der Waals surface area contributed by atoms with Crippen LogP contribution in [-0.2, 0) is 16.2 Å². The van der Waals surface area contributed by atoms with Crippen LogP contribution in [0.25, 0.3) is 10.4 Å². The molecule has 2 N–H and O–H groups in total.